The van der Waals surface area contributed by atoms with E-state index >= 15 is 0 Å². The van der Waals surface area contributed by atoms with Crippen LogP contribution in [0.15, 0.2) is 59.8 Å². The number of nitrogens with one attached hydrogen (secondary N) is 2. The van der Waals surface area contributed by atoms with E-state index in [0.29, 0.717) is 17.4 Å². The number of anilines is 2. The predicted octanol–water partition coefficient (Wildman–Crippen LogP) is 5.95. The second kappa shape index (κ2) is 11.6. The Morgan fingerprint density at radius 1 is 1.18 bits per heavy atom. The molecule has 1 atom stereocenters. The molecule has 2 N–H and O–H groups in total. The molecule has 2 aromatic heterocycles. The molecule has 0 bridgehead atoms. The van der Waals surface area contributed by atoms with E-state index in [2.05, 4.69) is 27.9 Å². The molecule has 1 amide bonds. The highest BCUT2D eigenvalue weighted by molar-refractivity contribution is 7.98. The maximum Gasteiger partial charge on any atom is 0.258 e. The van der Waals surface area contributed by atoms with Crippen molar-refractivity contribution in [3.63, 3.8) is 0 Å². The monoisotopic (exact) mass is 546 g/mol. The van der Waals surface area contributed by atoms with Crippen LogP contribution in [0.3, 0.4) is 0 Å². The summed E-state index contributed by atoms with van der Waals surface area (Å²) in [5.74, 6) is 1.63. The lowest BCUT2D eigenvalue weighted by Gasteiger charge is -2.22. The zero-order chi connectivity index (χ0) is 27.4. The van der Waals surface area contributed by atoms with Gasteiger partial charge in [0.05, 0.1) is 23.6 Å². The molecule has 0 radical (unpaired) electrons. The summed E-state index contributed by atoms with van der Waals surface area (Å²) in [6.07, 6.45) is 8.94. The zero-order valence-corrected chi connectivity index (χ0v) is 23.5. The Kier molecular flexibility index (Phi) is 8.04. The first-order chi connectivity index (χ1) is 18.8. The second-order valence-electron chi connectivity index (χ2n) is 10.5. The number of carbonyl (C=O) groups is 1. The number of carbonyl (C=O) groups excluding carboxylic acids is 1. The SMILES string of the molecule is CSc1ccc2nc(-c3cccc(OCC(=O)NC(C)(C)C)c3)nc(Nc3cnn(C4CCCCO4)c3)c2c1. The standard InChI is InChI=1S/C29H34N6O3S/c1-29(2,3)34-25(36)18-38-21-9-7-8-19(14-21)27-32-24-12-11-22(39-4)15-23(24)28(33-27)31-20-16-30-35(17-20)26-10-5-6-13-37-26/h7-9,11-12,14-17,26H,5-6,10,13,18H2,1-4H3,(H,34,36)(H,31,32,33). The fraction of sp³-hybridized carbons (Fsp3) is 0.379. The Bertz CT molecular complexity index is 1460. The molecule has 5 rings (SSSR count). The summed E-state index contributed by atoms with van der Waals surface area (Å²) in [5, 5.41) is 11.8. The summed E-state index contributed by atoms with van der Waals surface area (Å²) >= 11 is 1.67. The van der Waals surface area contributed by atoms with Crippen LogP contribution in [-0.2, 0) is 9.53 Å². The van der Waals surface area contributed by atoms with Gasteiger partial charge < -0.3 is 20.1 Å². The molecule has 1 saturated heterocycles. The van der Waals surface area contributed by atoms with Gasteiger partial charge in [0, 0.05) is 28.0 Å². The quantitative estimate of drug-likeness (QED) is 0.261. The average molecular weight is 547 g/mol. The van der Waals surface area contributed by atoms with Gasteiger partial charge in [0.1, 0.15) is 17.8 Å². The Hall–Kier alpha value is -3.63. The summed E-state index contributed by atoms with van der Waals surface area (Å²) < 4.78 is 13.5. The third-order valence-electron chi connectivity index (χ3n) is 6.19. The summed E-state index contributed by atoms with van der Waals surface area (Å²) in [7, 11) is 0. The van der Waals surface area contributed by atoms with Crippen molar-refractivity contribution in [1.29, 1.82) is 0 Å². The highest BCUT2D eigenvalue weighted by Gasteiger charge is 2.18. The van der Waals surface area contributed by atoms with Gasteiger partial charge in [0.2, 0.25) is 0 Å². The summed E-state index contributed by atoms with van der Waals surface area (Å²) in [5.41, 5.74) is 2.11. The summed E-state index contributed by atoms with van der Waals surface area (Å²) in [6.45, 7) is 6.49. The van der Waals surface area contributed by atoms with Gasteiger partial charge in [0.15, 0.2) is 12.4 Å². The van der Waals surface area contributed by atoms with E-state index in [1.165, 1.54) is 0 Å². The molecule has 10 heteroatoms. The van der Waals surface area contributed by atoms with E-state index in [9.17, 15) is 4.79 Å². The van der Waals surface area contributed by atoms with Gasteiger partial charge in [-0.05, 0) is 76.6 Å². The third kappa shape index (κ3) is 6.88. The lowest BCUT2D eigenvalue weighted by atomic mass is 10.1. The van der Waals surface area contributed by atoms with Crippen molar-refractivity contribution in [3.05, 3.63) is 54.9 Å². The molecule has 1 unspecified atom stereocenters. The van der Waals surface area contributed by atoms with Crippen LogP contribution in [0.5, 0.6) is 5.75 Å². The van der Waals surface area contributed by atoms with Gasteiger partial charge >= 0.3 is 0 Å². The first kappa shape index (κ1) is 27.0. The van der Waals surface area contributed by atoms with Crippen LogP contribution in [0.1, 0.15) is 46.3 Å². The minimum Gasteiger partial charge on any atom is -0.484 e. The number of rotatable bonds is 8. The van der Waals surface area contributed by atoms with Crippen molar-refractivity contribution >= 4 is 40.1 Å². The minimum atomic E-state index is -0.319. The molecular weight excluding hydrogens is 512 g/mol. The molecule has 9 nitrogen and oxygen atoms in total. The van der Waals surface area contributed by atoms with Crippen LogP contribution >= 0.6 is 11.8 Å². The van der Waals surface area contributed by atoms with Crippen molar-refractivity contribution in [2.24, 2.45) is 0 Å². The normalized spacial score (nSPS) is 15.7. The van der Waals surface area contributed by atoms with Crippen LogP contribution in [0.4, 0.5) is 11.5 Å². The average Bonchev–Trinajstić information content (AvgIpc) is 3.40. The van der Waals surface area contributed by atoms with Crippen molar-refractivity contribution in [3.8, 4) is 17.1 Å². The number of ether oxygens (including phenoxy) is 2. The Balaban J connectivity index is 1.43. The number of benzene rings is 2. The Morgan fingerprint density at radius 2 is 2.05 bits per heavy atom. The summed E-state index contributed by atoms with van der Waals surface area (Å²) in [6, 6.07) is 13.6. The molecule has 2 aromatic carbocycles. The first-order valence-electron chi connectivity index (χ1n) is 13.1. The number of amides is 1. The van der Waals surface area contributed by atoms with Gasteiger partial charge in [-0.3, -0.25) is 4.79 Å². The van der Waals surface area contributed by atoms with Crippen molar-refractivity contribution in [2.75, 3.05) is 24.8 Å². The zero-order valence-electron chi connectivity index (χ0n) is 22.7. The molecule has 4 aromatic rings. The lowest BCUT2D eigenvalue weighted by Crippen LogP contribution is -2.43. The van der Waals surface area contributed by atoms with E-state index in [1.807, 2.05) is 68.2 Å². The van der Waals surface area contributed by atoms with Crippen LogP contribution in [-0.4, -0.2) is 50.7 Å². The molecule has 1 aliphatic rings. The first-order valence-corrected chi connectivity index (χ1v) is 14.3. The largest absolute Gasteiger partial charge is 0.484 e. The van der Waals surface area contributed by atoms with Gasteiger partial charge in [0.25, 0.3) is 5.91 Å². The fourth-order valence-corrected chi connectivity index (χ4v) is 4.86. The minimum absolute atomic E-state index is 0.0386. The number of nitrogens with zero attached hydrogens (tertiary/aromatic N) is 4. The highest BCUT2D eigenvalue weighted by Crippen LogP contribution is 2.32. The van der Waals surface area contributed by atoms with Crippen molar-refractivity contribution in [2.45, 2.75) is 56.7 Å². The molecule has 39 heavy (non-hydrogen) atoms. The lowest BCUT2D eigenvalue weighted by molar-refractivity contribution is -0.124. The molecule has 204 valence electrons. The van der Waals surface area contributed by atoms with Gasteiger partial charge in [-0.1, -0.05) is 12.1 Å². The van der Waals surface area contributed by atoms with Crippen molar-refractivity contribution in [1.82, 2.24) is 25.1 Å². The smallest absolute Gasteiger partial charge is 0.258 e. The van der Waals surface area contributed by atoms with E-state index < -0.39 is 0 Å². The second-order valence-corrected chi connectivity index (χ2v) is 11.4. The number of aromatic nitrogens is 4. The molecule has 1 aliphatic heterocycles. The number of hydrogen-bond donors (Lipinski definition) is 2. The van der Waals surface area contributed by atoms with Gasteiger partial charge in [-0.25, -0.2) is 14.6 Å². The molecular formula is C29H34N6O3S. The van der Waals surface area contributed by atoms with Crippen molar-refractivity contribution < 1.29 is 14.3 Å². The molecule has 0 aliphatic carbocycles. The van der Waals surface area contributed by atoms with Gasteiger partial charge in [-0.2, -0.15) is 5.10 Å². The summed E-state index contributed by atoms with van der Waals surface area (Å²) in [4.78, 5) is 23.1. The van der Waals surface area contributed by atoms with E-state index in [-0.39, 0.29) is 24.3 Å². The third-order valence-corrected chi connectivity index (χ3v) is 6.92. The van der Waals surface area contributed by atoms with E-state index in [4.69, 9.17) is 19.4 Å². The van der Waals surface area contributed by atoms with Gasteiger partial charge in [-0.15, -0.1) is 11.8 Å². The number of fused-ring (bicyclic) bond motifs is 1. The number of hydrogen-bond acceptors (Lipinski definition) is 8. The fourth-order valence-electron chi connectivity index (χ4n) is 4.42. The molecule has 3 heterocycles. The molecule has 0 spiro atoms. The Morgan fingerprint density at radius 3 is 2.82 bits per heavy atom. The topological polar surface area (TPSA) is 103 Å². The molecule has 1 fully saturated rings. The number of thioether (sulfide) groups is 1. The van der Waals surface area contributed by atoms with E-state index in [0.717, 1.165) is 52.9 Å². The van der Waals surface area contributed by atoms with Crippen LogP contribution in [0.2, 0.25) is 0 Å². The Labute approximate surface area is 232 Å². The molecule has 0 saturated carbocycles. The maximum atomic E-state index is 12.2. The maximum absolute atomic E-state index is 12.2. The highest BCUT2D eigenvalue weighted by atomic mass is 32.2. The van der Waals surface area contributed by atoms with Crippen LogP contribution in [0.25, 0.3) is 22.3 Å². The van der Waals surface area contributed by atoms with E-state index in [1.54, 1.807) is 18.0 Å². The predicted molar refractivity (Wildman–Crippen MR) is 154 cm³/mol. The van der Waals surface area contributed by atoms with Crippen LogP contribution in [0, 0.1) is 0 Å². The van der Waals surface area contributed by atoms with Crippen LogP contribution < -0.4 is 15.4 Å².